The van der Waals surface area contributed by atoms with Gasteiger partial charge in [-0.15, -0.1) is 0 Å². The average molecular weight is 530 g/mol. The lowest BCUT2D eigenvalue weighted by Crippen LogP contribution is -2.57. The molecule has 2 fully saturated rings. The fourth-order valence-electron chi connectivity index (χ4n) is 5.43. The molecule has 4 rings (SSSR count). The van der Waals surface area contributed by atoms with E-state index < -0.39 is 23.8 Å². The summed E-state index contributed by atoms with van der Waals surface area (Å²) in [7, 11) is 5.47. The van der Waals surface area contributed by atoms with Crippen molar-refractivity contribution < 1.29 is 19.2 Å². The number of ketones is 1. The van der Waals surface area contributed by atoms with Crippen molar-refractivity contribution in [1.29, 1.82) is 0 Å². The highest BCUT2D eigenvalue weighted by atomic mass is 35.5. The number of piperidine rings is 1. The Hall–Kier alpha value is -2.91. The molecule has 1 aromatic carbocycles. The molecule has 0 unspecified atom stereocenters. The molecular weight excluding hydrogens is 494 g/mol. The van der Waals surface area contributed by atoms with E-state index in [0.29, 0.717) is 30.0 Å². The van der Waals surface area contributed by atoms with Crippen LogP contribution in [0.1, 0.15) is 49.0 Å². The fraction of sp³-hybridized carbons (Fsp3) is 0.556. The number of Topliss-reactive ketones (excluding diaryl/α,β-unsaturated/α-hetero) is 1. The summed E-state index contributed by atoms with van der Waals surface area (Å²) in [5.41, 5.74) is 1.17. The summed E-state index contributed by atoms with van der Waals surface area (Å²) in [5.74, 6) is -1.49. The van der Waals surface area contributed by atoms with Crippen molar-refractivity contribution in [3.8, 4) is 0 Å². The summed E-state index contributed by atoms with van der Waals surface area (Å²) < 4.78 is 0. The number of halogens is 1. The number of nitrogens with zero attached hydrogens (tertiary/aromatic N) is 2. The summed E-state index contributed by atoms with van der Waals surface area (Å²) in [4.78, 5) is 58.3. The van der Waals surface area contributed by atoms with E-state index in [1.54, 1.807) is 37.2 Å². The number of hydrogen-bond donors (Lipinski definition) is 3. The molecule has 3 atom stereocenters. The minimum absolute atomic E-state index is 0.0193. The van der Waals surface area contributed by atoms with Gasteiger partial charge in [-0.3, -0.25) is 19.2 Å². The number of benzene rings is 1. The molecule has 1 aliphatic carbocycles. The molecule has 200 valence electrons. The average Bonchev–Trinajstić information content (AvgIpc) is 3.29. The van der Waals surface area contributed by atoms with Crippen LogP contribution in [0.3, 0.4) is 0 Å². The Morgan fingerprint density at radius 2 is 1.76 bits per heavy atom. The number of fused-ring (bicyclic) bond motifs is 1. The third-order valence-corrected chi connectivity index (χ3v) is 7.90. The summed E-state index contributed by atoms with van der Waals surface area (Å²) >= 11 is 6.07. The van der Waals surface area contributed by atoms with Crippen LogP contribution < -0.4 is 10.6 Å². The van der Waals surface area contributed by atoms with Crippen molar-refractivity contribution in [2.75, 3.05) is 34.2 Å². The largest absolute Gasteiger partial charge is 0.351 e. The van der Waals surface area contributed by atoms with E-state index in [2.05, 4.69) is 27.6 Å². The van der Waals surface area contributed by atoms with Gasteiger partial charge >= 0.3 is 0 Å². The number of aromatic amines is 1. The number of carbonyl (C=O) groups excluding carboxylic acids is 4. The van der Waals surface area contributed by atoms with Gasteiger partial charge in [0.2, 0.25) is 11.7 Å². The lowest BCUT2D eigenvalue weighted by atomic mass is 9.81. The second kappa shape index (κ2) is 11.6. The van der Waals surface area contributed by atoms with E-state index in [1.165, 1.54) is 0 Å². The first-order valence-corrected chi connectivity index (χ1v) is 13.3. The maximum Gasteiger partial charge on any atom is 0.287 e. The van der Waals surface area contributed by atoms with E-state index in [9.17, 15) is 19.2 Å². The van der Waals surface area contributed by atoms with E-state index >= 15 is 0 Å². The summed E-state index contributed by atoms with van der Waals surface area (Å²) in [6, 6.07) is 6.13. The maximum atomic E-state index is 13.1. The molecule has 2 aromatic rings. The molecule has 0 spiro atoms. The molecule has 2 aliphatic rings. The van der Waals surface area contributed by atoms with Crippen molar-refractivity contribution >= 4 is 46.0 Å². The highest BCUT2D eigenvalue weighted by Gasteiger charge is 2.37. The van der Waals surface area contributed by atoms with Crippen molar-refractivity contribution in [2.24, 2.45) is 11.8 Å². The van der Waals surface area contributed by atoms with Gasteiger partial charge in [0.15, 0.2) is 0 Å². The summed E-state index contributed by atoms with van der Waals surface area (Å²) in [6.45, 7) is 1.84. The predicted molar refractivity (Wildman–Crippen MR) is 142 cm³/mol. The molecule has 3 N–H and O–H groups in total. The molecule has 0 radical (unpaired) electrons. The molecule has 3 amide bonds. The Morgan fingerprint density at radius 1 is 1.03 bits per heavy atom. The Morgan fingerprint density at radius 3 is 2.46 bits per heavy atom. The van der Waals surface area contributed by atoms with Crippen LogP contribution >= 0.6 is 11.6 Å². The molecule has 10 heteroatoms. The normalized spacial score (nSPS) is 23.0. The van der Waals surface area contributed by atoms with Crippen LogP contribution in [-0.2, 0) is 14.4 Å². The first-order valence-electron chi connectivity index (χ1n) is 12.9. The number of aromatic nitrogens is 1. The van der Waals surface area contributed by atoms with Crippen LogP contribution in [-0.4, -0.2) is 84.6 Å². The standard InChI is InChI=1S/C27H36ClN5O4/c1-32(2)27(37)17-4-6-21(30-25(35)23-15-18-13-19(28)5-7-20(18)29-23)22(14-17)31-26(36)24(34)12-16-8-10-33(3)11-9-16/h5,7,13,15-17,21-22,29H,4,6,8-12,14H2,1-3H3,(H,30,35)(H,31,36)/t17-,21-,22+/m0/s1. The predicted octanol–water partition coefficient (Wildman–Crippen LogP) is 2.59. The number of likely N-dealkylation sites (tertiary alicyclic amines) is 1. The Balaban J connectivity index is 1.44. The smallest absolute Gasteiger partial charge is 0.287 e. The topological polar surface area (TPSA) is 115 Å². The number of carbonyl (C=O) groups is 4. The third-order valence-electron chi connectivity index (χ3n) is 7.67. The first kappa shape index (κ1) is 27.1. The first-order chi connectivity index (χ1) is 17.6. The van der Waals surface area contributed by atoms with Gasteiger partial charge < -0.3 is 25.4 Å². The minimum atomic E-state index is -0.638. The van der Waals surface area contributed by atoms with E-state index in [4.69, 9.17) is 11.6 Å². The van der Waals surface area contributed by atoms with Crippen LogP contribution in [0.25, 0.3) is 10.9 Å². The van der Waals surface area contributed by atoms with Crippen LogP contribution in [0.4, 0.5) is 0 Å². The maximum absolute atomic E-state index is 13.1. The highest BCUT2D eigenvalue weighted by Crippen LogP contribution is 2.27. The van der Waals surface area contributed by atoms with Crippen LogP contribution in [0, 0.1) is 11.8 Å². The number of H-pyrrole nitrogens is 1. The molecule has 2 heterocycles. The van der Waals surface area contributed by atoms with Gasteiger partial charge in [-0.1, -0.05) is 11.6 Å². The van der Waals surface area contributed by atoms with Crippen molar-refractivity contribution in [3.63, 3.8) is 0 Å². The Bertz CT molecular complexity index is 1170. The third kappa shape index (κ3) is 6.70. The van der Waals surface area contributed by atoms with Crippen LogP contribution in [0.15, 0.2) is 24.3 Å². The molecule has 1 saturated carbocycles. The second-order valence-electron chi connectivity index (χ2n) is 10.7. The second-order valence-corrected chi connectivity index (χ2v) is 11.1. The molecule has 1 aromatic heterocycles. The van der Waals surface area contributed by atoms with Gasteiger partial charge in [0.25, 0.3) is 11.8 Å². The van der Waals surface area contributed by atoms with E-state index in [0.717, 1.165) is 36.8 Å². The quantitative estimate of drug-likeness (QED) is 0.477. The summed E-state index contributed by atoms with van der Waals surface area (Å²) in [6.07, 6.45) is 3.47. The fourth-order valence-corrected chi connectivity index (χ4v) is 5.61. The number of hydrogen-bond acceptors (Lipinski definition) is 5. The molecule has 37 heavy (non-hydrogen) atoms. The van der Waals surface area contributed by atoms with Gasteiger partial charge in [-0.05, 0) is 82.4 Å². The summed E-state index contributed by atoms with van der Waals surface area (Å²) in [5, 5.41) is 7.29. The van der Waals surface area contributed by atoms with Gasteiger partial charge in [0.05, 0.1) is 6.04 Å². The Labute approximate surface area is 222 Å². The van der Waals surface area contributed by atoms with Crippen LogP contribution in [0.5, 0.6) is 0 Å². The van der Waals surface area contributed by atoms with Crippen molar-refractivity contribution in [2.45, 2.75) is 50.6 Å². The zero-order chi connectivity index (χ0) is 26.7. The van der Waals surface area contributed by atoms with Gasteiger partial charge in [0, 0.05) is 48.4 Å². The SMILES string of the molecule is CN1CCC(CC(=O)C(=O)N[C@@H]2C[C@@H](C(=O)N(C)C)CC[C@@H]2NC(=O)c2cc3cc(Cl)ccc3[nH]2)CC1. The molecule has 9 nitrogen and oxygen atoms in total. The highest BCUT2D eigenvalue weighted by molar-refractivity contribution is 6.36. The number of amides is 3. The van der Waals surface area contributed by atoms with E-state index in [1.807, 2.05) is 6.07 Å². The minimum Gasteiger partial charge on any atom is -0.351 e. The Kier molecular flexibility index (Phi) is 8.54. The molecular formula is C27H36ClN5O4. The number of rotatable bonds is 7. The monoisotopic (exact) mass is 529 g/mol. The zero-order valence-electron chi connectivity index (χ0n) is 21.7. The van der Waals surface area contributed by atoms with Gasteiger partial charge in [0.1, 0.15) is 5.69 Å². The van der Waals surface area contributed by atoms with Crippen LogP contribution in [0.2, 0.25) is 5.02 Å². The molecule has 1 saturated heterocycles. The van der Waals surface area contributed by atoms with Gasteiger partial charge in [-0.2, -0.15) is 0 Å². The molecule has 0 bridgehead atoms. The lowest BCUT2D eigenvalue weighted by molar-refractivity contribution is -0.140. The van der Waals surface area contributed by atoms with Gasteiger partial charge in [-0.25, -0.2) is 0 Å². The molecule has 1 aliphatic heterocycles. The zero-order valence-corrected chi connectivity index (χ0v) is 22.4. The lowest BCUT2D eigenvalue weighted by Gasteiger charge is -2.37. The number of nitrogens with one attached hydrogen (secondary N) is 3. The van der Waals surface area contributed by atoms with Crippen molar-refractivity contribution in [3.05, 3.63) is 35.0 Å². The van der Waals surface area contributed by atoms with E-state index in [-0.39, 0.29) is 30.1 Å². The van der Waals surface area contributed by atoms with Crippen molar-refractivity contribution in [1.82, 2.24) is 25.4 Å².